The molecule has 0 radical (unpaired) electrons. The summed E-state index contributed by atoms with van der Waals surface area (Å²) in [5.41, 5.74) is -0.162. The molecule has 0 saturated carbocycles. The second-order valence-electron chi connectivity index (χ2n) is 4.77. The first-order chi connectivity index (χ1) is 9.92. The number of nitrogens with zero attached hydrogens (tertiary/aromatic N) is 1. The molecule has 1 aromatic rings. The van der Waals surface area contributed by atoms with Crippen LogP contribution in [0.3, 0.4) is 0 Å². The van der Waals surface area contributed by atoms with Crippen molar-refractivity contribution in [3.63, 3.8) is 0 Å². The monoisotopic (exact) mass is 315 g/mol. The number of rotatable bonds is 6. The number of benzene rings is 1. The van der Waals surface area contributed by atoms with Crippen molar-refractivity contribution in [1.82, 2.24) is 4.90 Å². The van der Waals surface area contributed by atoms with E-state index in [0.717, 1.165) is 0 Å². The second kappa shape index (κ2) is 7.98. The zero-order valence-electron chi connectivity index (χ0n) is 12.4. The fraction of sp³-hybridized carbons (Fsp3) is 0.467. The van der Waals surface area contributed by atoms with Gasteiger partial charge in [-0.15, -0.1) is 0 Å². The molecule has 0 N–H and O–H groups in total. The Morgan fingerprint density at radius 1 is 1.43 bits per heavy atom. The molecule has 116 valence electrons. The summed E-state index contributed by atoms with van der Waals surface area (Å²) in [6.07, 6.45) is 0.686. The molecule has 0 bridgehead atoms. The zero-order valence-corrected chi connectivity index (χ0v) is 13.1. The minimum Gasteiger partial charge on any atom is -0.469 e. The van der Waals surface area contributed by atoms with Crippen LogP contribution < -0.4 is 0 Å². The summed E-state index contributed by atoms with van der Waals surface area (Å²) >= 11 is 5.92. The Morgan fingerprint density at radius 2 is 2.10 bits per heavy atom. The van der Waals surface area contributed by atoms with Crippen molar-refractivity contribution in [2.45, 2.75) is 20.3 Å². The van der Waals surface area contributed by atoms with Gasteiger partial charge in [-0.3, -0.25) is 9.59 Å². The summed E-state index contributed by atoms with van der Waals surface area (Å²) < 4.78 is 18.5. The van der Waals surface area contributed by atoms with Crippen LogP contribution in [-0.4, -0.2) is 37.0 Å². The summed E-state index contributed by atoms with van der Waals surface area (Å²) in [7, 11) is 1.29. The number of carbonyl (C=O) groups is 2. The fourth-order valence-corrected chi connectivity index (χ4v) is 2.26. The van der Waals surface area contributed by atoms with Gasteiger partial charge in [0.05, 0.1) is 23.6 Å². The van der Waals surface area contributed by atoms with Crippen LogP contribution in [0.2, 0.25) is 5.02 Å². The molecular weight excluding hydrogens is 297 g/mol. The molecular formula is C15H19ClFNO3. The number of hydrogen-bond acceptors (Lipinski definition) is 3. The fourth-order valence-electron chi connectivity index (χ4n) is 2.01. The van der Waals surface area contributed by atoms with Gasteiger partial charge in [-0.25, -0.2) is 4.39 Å². The van der Waals surface area contributed by atoms with E-state index in [1.807, 2.05) is 6.92 Å². The Morgan fingerprint density at radius 3 is 2.62 bits per heavy atom. The molecule has 4 nitrogen and oxygen atoms in total. The van der Waals surface area contributed by atoms with Gasteiger partial charge in [0.15, 0.2) is 0 Å². The Bertz CT molecular complexity index is 501. The van der Waals surface area contributed by atoms with Crippen LogP contribution in [-0.2, 0) is 9.53 Å². The van der Waals surface area contributed by atoms with E-state index in [9.17, 15) is 14.0 Å². The molecule has 1 aromatic carbocycles. The third-order valence-corrected chi connectivity index (χ3v) is 3.37. The van der Waals surface area contributed by atoms with Gasteiger partial charge in [0.1, 0.15) is 5.82 Å². The summed E-state index contributed by atoms with van der Waals surface area (Å²) in [6, 6.07) is 4.09. The molecule has 21 heavy (non-hydrogen) atoms. The number of amides is 1. The molecule has 1 amide bonds. The zero-order chi connectivity index (χ0) is 16.0. The van der Waals surface area contributed by atoms with Crippen molar-refractivity contribution in [3.05, 3.63) is 34.6 Å². The first-order valence-electron chi connectivity index (χ1n) is 6.73. The van der Waals surface area contributed by atoms with Crippen molar-refractivity contribution < 1.29 is 18.7 Å². The maximum Gasteiger partial charge on any atom is 0.310 e. The van der Waals surface area contributed by atoms with Gasteiger partial charge in [0.25, 0.3) is 5.91 Å². The molecule has 0 saturated heterocycles. The van der Waals surface area contributed by atoms with E-state index < -0.39 is 23.6 Å². The second-order valence-corrected chi connectivity index (χ2v) is 5.18. The Balaban J connectivity index is 3.00. The minimum atomic E-state index is -0.667. The lowest BCUT2D eigenvalue weighted by atomic mass is 10.1. The lowest BCUT2D eigenvalue weighted by Crippen LogP contribution is -2.38. The van der Waals surface area contributed by atoms with Gasteiger partial charge >= 0.3 is 5.97 Å². The van der Waals surface area contributed by atoms with Crippen molar-refractivity contribution in [3.8, 4) is 0 Å². The van der Waals surface area contributed by atoms with Crippen LogP contribution in [0, 0.1) is 11.7 Å². The lowest BCUT2D eigenvalue weighted by Gasteiger charge is -2.25. The molecule has 1 atom stereocenters. The molecule has 1 unspecified atom stereocenters. The number of halogens is 2. The molecule has 0 spiro atoms. The molecule has 6 heteroatoms. The highest BCUT2D eigenvalue weighted by atomic mass is 35.5. The van der Waals surface area contributed by atoms with Crippen molar-refractivity contribution >= 4 is 23.5 Å². The van der Waals surface area contributed by atoms with Crippen molar-refractivity contribution in [2.24, 2.45) is 5.92 Å². The smallest absolute Gasteiger partial charge is 0.310 e. The number of ether oxygens (including phenoxy) is 1. The average Bonchev–Trinajstić information content (AvgIpc) is 2.45. The van der Waals surface area contributed by atoms with Gasteiger partial charge in [0.2, 0.25) is 0 Å². The van der Waals surface area contributed by atoms with Crippen LogP contribution in [0.25, 0.3) is 0 Å². The highest BCUT2D eigenvalue weighted by Gasteiger charge is 2.25. The van der Waals surface area contributed by atoms with Crippen molar-refractivity contribution in [2.75, 3.05) is 20.2 Å². The Labute approximate surface area is 128 Å². The number of hydrogen-bond donors (Lipinski definition) is 0. The Hall–Kier alpha value is -1.62. The average molecular weight is 316 g/mol. The van der Waals surface area contributed by atoms with Gasteiger partial charge in [-0.1, -0.05) is 31.5 Å². The first kappa shape index (κ1) is 17.4. The predicted octanol–water partition coefficient (Wildman–Crippen LogP) is 3.14. The van der Waals surface area contributed by atoms with Crippen molar-refractivity contribution in [1.29, 1.82) is 0 Å². The van der Waals surface area contributed by atoms with Crippen LogP contribution in [0.5, 0.6) is 0 Å². The summed E-state index contributed by atoms with van der Waals surface area (Å²) in [5, 5.41) is 0.0619. The minimum absolute atomic E-state index is 0.0619. The van der Waals surface area contributed by atoms with E-state index >= 15 is 0 Å². The first-order valence-corrected chi connectivity index (χ1v) is 7.11. The third-order valence-electron chi connectivity index (χ3n) is 3.06. The van der Waals surface area contributed by atoms with Crippen LogP contribution in [0.4, 0.5) is 4.39 Å². The van der Waals surface area contributed by atoms with Crippen LogP contribution in [0.1, 0.15) is 30.6 Å². The van der Waals surface area contributed by atoms with Crippen LogP contribution >= 0.6 is 11.6 Å². The molecule has 0 aliphatic heterocycles. The molecule has 0 heterocycles. The molecule has 0 aliphatic carbocycles. The van der Waals surface area contributed by atoms with E-state index in [-0.39, 0.29) is 17.1 Å². The predicted molar refractivity (Wildman–Crippen MR) is 78.8 cm³/mol. The lowest BCUT2D eigenvalue weighted by molar-refractivity contribution is -0.145. The van der Waals surface area contributed by atoms with E-state index in [1.54, 1.807) is 6.92 Å². The number of carbonyl (C=O) groups excluding carboxylic acids is 2. The van der Waals surface area contributed by atoms with Gasteiger partial charge in [0, 0.05) is 13.1 Å². The molecule has 0 aromatic heterocycles. The number of esters is 1. The maximum absolute atomic E-state index is 13.8. The van der Waals surface area contributed by atoms with E-state index in [1.165, 1.54) is 30.2 Å². The van der Waals surface area contributed by atoms with Gasteiger partial charge in [-0.05, 0) is 18.6 Å². The topological polar surface area (TPSA) is 46.6 Å². The van der Waals surface area contributed by atoms with E-state index in [0.29, 0.717) is 13.0 Å². The summed E-state index contributed by atoms with van der Waals surface area (Å²) in [4.78, 5) is 25.4. The third kappa shape index (κ3) is 4.43. The standard InChI is InChI=1S/C15H19ClFNO3/c1-4-8-18(9-10(2)15(20)21-3)14(19)13-11(16)6-5-7-12(13)17/h5-7,10H,4,8-9H2,1-3H3. The highest BCUT2D eigenvalue weighted by Crippen LogP contribution is 2.21. The van der Waals surface area contributed by atoms with E-state index in [4.69, 9.17) is 11.6 Å². The molecule has 1 rings (SSSR count). The normalized spacial score (nSPS) is 11.9. The highest BCUT2D eigenvalue weighted by molar-refractivity contribution is 6.33. The summed E-state index contributed by atoms with van der Waals surface area (Å²) in [6.45, 7) is 4.12. The van der Waals surface area contributed by atoms with Gasteiger partial charge in [-0.2, -0.15) is 0 Å². The van der Waals surface area contributed by atoms with Gasteiger partial charge < -0.3 is 9.64 Å². The SMILES string of the molecule is CCCN(CC(C)C(=O)OC)C(=O)c1c(F)cccc1Cl. The van der Waals surface area contributed by atoms with E-state index in [2.05, 4.69) is 4.74 Å². The summed E-state index contributed by atoms with van der Waals surface area (Å²) in [5.74, 6) is -2.09. The quantitative estimate of drug-likeness (QED) is 0.758. The molecule has 0 fully saturated rings. The maximum atomic E-state index is 13.8. The number of methoxy groups -OCH3 is 1. The Kier molecular flexibility index (Phi) is 6.62. The van der Waals surface area contributed by atoms with Crippen LogP contribution in [0.15, 0.2) is 18.2 Å². The molecule has 0 aliphatic rings. The largest absolute Gasteiger partial charge is 0.469 e.